The zero-order valence-corrected chi connectivity index (χ0v) is 8.46. The normalized spacial score (nSPS) is 9.00. The van der Waals surface area contributed by atoms with Crippen LogP contribution in [0.25, 0.3) is 0 Å². The highest BCUT2D eigenvalue weighted by Crippen LogP contribution is 1.91. The highest BCUT2D eigenvalue weighted by atomic mass is 16.6. The van der Waals surface area contributed by atoms with Crippen LogP contribution in [0.4, 0.5) is 4.79 Å². The van der Waals surface area contributed by atoms with E-state index >= 15 is 0 Å². The van der Waals surface area contributed by atoms with Crippen molar-refractivity contribution in [3.05, 3.63) is 12.2 Å². The van der Waals surface area contributed by atoms with Gasteiger partial charge in [-0.25, -0.2) is 9.59 Å². The van der Waals surface area contributed by atoms with Crippen LogP contribution in [0.1, 0.15) is 13.8 Å². The first-order valence-electron chi connectivity index (χ1n) is 4.31. The van der Waals surface area contributed by atoms with Crippen LogP contribution in [0.15, 0.2) is 12.2 Å². The number of hydrogen-bond donors (Lipinski definition) is 1. The lowest BCUT2D eigenvalue weighted by Gasteiger charge is -2.05. The molecule has 0 aliphatic rings. The minimum atomic E-state index is -0.515. The van der Waals surface area contributed by atoms with Gasteiger partial charge in [-0.05, 0) is 13.8 Å². The highest BCUT2D eigenvalue weighted by molar-refractivity contribution is 5.86. The Labute approximate surface area is 83.1 Å². The molecule has 80 valence electrons. The topological polar surface area (TPSA) is 64.6 Å². The summed E-state index contributed by atoms with van der Waals surface area (Å²) >= 11 is 0. The Morgan fingerprint density at radius 3 is 2.36 bits per heavy atom. The smallest absolute Gasteiger partial charge is 0.407 e. The van der Waals surface area contributed by atoms with E-state index in [0.717, 1.165) is 0 Å². The second-order valence-electron chi connectivity index (χ2n) is 2.58. The molecule has 0 aromatic rings. The number of rotatable bonds is 5. The van der Waals surface area contributed by atoms with Crippen LogP contribution in [0.2, 0.25) is 0 Å². The molecule has 0 saturated heterocycles. The fourth-order valence-electron chi connectivity index (χ4n) is 0.587. The number of carbonyl (C=O) groups excluding carboxylic acids is 2. The molecule has 0 atom stereocenters. The maximum atomic E-state index is 10.8. The van der Waals surface area contributed by atoms with Crippen molar-refractivity contribution >= 4 is 12.1 Å². The number of carbonyl (C=O) groups is 2. The highest BCUT2D eigenvalue weighted by Gasteiger charge is 2.03. The van der Waals surface area contributed by atoms with Gasteiger partial charge in [-0.1, -0.05) is 6.58 Å². The third-order valence-corrected chi connectivity index (χ3v) is 1.22. The van der Waals surface area contributed by atoms with Gasteiger partial charge in [0.15, 0.2) is 0 Å². The maximum absolute atomic E-state index is 10.8. The van der Waals surface area contributed by atoms with Crippen molar-refractivity contribution in [2.24, 2.45) is 0 Å². The van der Waals surface area contributed by atoms with E-state index in [0.29, 0.717) is 12.1 Å². The molecule has 0 aliphatic heterocycles. The molecule has 0 aromatic heterocycles. The summed E-state index contributed by atoms with van der Waals surface area (Å²) in [4.78, 5) is 21.6. The van der Waals surface area contributed by atoms with Crippen molar-refractivity contribution in [1.29, 1.82) is 0 Å². The van der Waals surface area contributed by atoms with E-state index in [9.17, 15) is 9.59 Å². The van der Waals surface area contributed by atoms with Crippen molar-refractivity contribution in [2.45, 2.75) is 13.8 Å². The molecule has 5 heteroatoms. The van der Waals surface area contributed by atoms with E-state index < -0.39 is 12.1 Å². The molecule has 14 heavy (non-hydrogen) atoms. The Kier molecular flexibility index (Phi) is 6.19. The molecule has 0 aliphatic carbocycles. The van der Waals surface area contributed by atoms with Crippen molar-refractivity contribution in [1.82, 2.24) is 5.32 Å². The van der Waals surface area contributed by atoms with Gasteiger partial charge in [-0.2, -0.15) is 0 Å². The lowest BCUT2D eigenvalue weighted by atomic mass is 10.4. The first-order valence-corrected chi connectivity index (χ1v) is 4.31. The molecule has 5 nitrogen and oxygen atoms in total. The zero-order valence-electron chi connectivity index (χ0n) is 8.46. The van der Waals surface area contributed by atoms with Gasteiger partial charge in [0.25, 0.3) is 0 Å². The molecule has 0 unspecified atom stereocenters. The molecule has 0 fully saturated rings. The minimum absolute atomic E-state index is 0.0445. The monoisotopic (exact) mass is 201 g/mol. The van der Waals surface area contributed by atoms with Gasteiger partial charge in [-0.15, -0.1) is 0 Å². The number of amides is 1. The largest absolute Gasteiger partial charge is 0.459 e. The summed E-state index contributed by atoms with van der Waals surface area (Å²) in [5, 5.41) is 2.44. The Morgan fingerprint density at radius 1 is 1.29 bits per heavy atom. The van der Waals surface area contributed by atoms with E-state index in [1.54, 1.807) is 13.8 Å². The van der Waals surface area contributed by atoms with Crippen molar-refractivity contribution in [2.75, 3.05) is 19.8 Å². The van der Waals surface area contributed by atoms with Crippen LogP contribution in [-0.2, 0) is 14.3 Å². The number of alkyl carbamates (subject to hydrolysis) is 1. The molecule has 1 N–H and O–H groups in total. The lowest BCUT2D eigenvalue weighted by Crippen LogP contribution is -2.25. The number of hydrogen-bond acceptors (Lipinski definition) is 4. The van der Waals surface area contributed by atoms with Crippen molar-refractivity contribution in [3.8, 4) is 0 Å². The summed E-state index contributed by atoms with van der Waals surface area (Å²) in [6.07, 6.45) is -0.515. The molecule has 0 saturated carbocycles. The number of ether oxygens (including phenoxy) is 2. The van der Waals surface area contributed by atoms with E-state index in [1.807, 2.05) is 0 Å². The van der Waals surface area contributed by atoms with Gasteiger partial charge in [-0.3, -0.25) is 0 Å². The van der Waals surface area contributed by atoms with Gasteiger partial charge < -0.3 is 14.8 Å². The quantitative estimate of drug-likeness (QED) is 0.407. The van der Waals surface area contributed by atoms with E-state index in [-0.39, 0.29) is 13.2 Å². The molecule has 0 spiro atoms. The van der Waals surface area contributed by atoms with Crippen molar-refractivity contribution in [3.63, 3.8) is 0 Å². The maximum Gasteiger partial charge on any atom is 0.407 e. The first-order chi connectivity index (χ1) is 6.57. The van der Waals surface area contributed by atoms with Crippen LogP contribution in [0.3, 0.4) is 0 Å². The molecular formula is C9H15NO4. The molecule has 1 amide bonds. The summed E-state index contributed by atoms with van der Waals surface area (Å²) in [5.41, 5.74) is 0.322. The summed E-state index contributed by atoms with van der Waals surface area (Å²) in [6, 6.07) is 0. The second-order valence-corrected chi connectivity index (χ2v) is 2.58. The van der Waals surface area contributed by atoms with Crippen LogP contribution in [-0.4, -0.2) is 31.8 Å². The molecule has 0 radical (unpaired) electrons. The van der Waals surface area contributed by atoms with Crippen LogP contribution < -0.4 is 5.32 Å². The Morgan fingerprint density at radius 2 is 1.86 bits per heavy atom. The summed E-state index contributed by atoms with van der Waals surface area (Å²) in [6.45, 7) is 7.33. The number of esters is 1. The SMILES string of the molecule is C=C(C)C(=O)OCCOC(=O)NCC. The predicted octanol–water partition coefficient (Wildman–Crippen LogP) is 0.852. The fourth-order valence-corrected chi connectivity index (χ4v) is 0.587. The average molecular weight is 201 g/mol. The van der Waals surface area contributed by atoms with Gasteiger partial charge in [0.05, 0.1) is 0 Å². The van der Waals surface area contributed by atoms with Crippen molar-refractivity contribution < 1.29 is 19.1 Å². The third-order valence-electron chi connectivity index (χ3n) is 1.22. The minimum Gasteiger partial charge on any atom is -0.459 e. The summed E-state index contributed by atoms with van der Waals surface area (Å²) in [7, 11) is 0. The molecule has 0 rings (SSSR count). The summed E-state index contributed by atoms with van der Waals surface area (Å²) < 4.78 is 9.34. The zero-order chi connectivity index (χ0) is 11.0. The molecule has 0 aromatic carbocycles. The molecule has 0 bridgehead atoms. The third kappa shape index (κ3) is 6.05. The second kappa shape index (κ2) is 6.94. The number of nitrogens with one attached hydrogen (secondary N) is 1. The van der Waals surface area contributed by atoms with Crippen LogP contribution in [0, 0.1) is 0 Å². The predicted molar refractivity (Wildman–Crippen MR) is 50.8 cm³/mol. The first kappa shape index (κ1) is 12.5. The lowest BCUT2D eigenvalue weighted by molar-refractivity contribution is -0.139. The Bertz CT molecular complexity index is 225. The van der Waals surface area contributed by atoms with Gasteiger partial charge in [0, 0.05) is 12.1 Å². The van der Waals surface area contributed by atoms with Crippen LogP contribution in [0.5, 0.6) is 0 Å². The molecule has 0 heterocycles. The standard InChI is InChI=1S/C9H15NO4/c1-4-10-9(12)14-6-5-13-8(11)7(2)3/h2,4-6H2,1,3H3,(H,10,12). The van der Waals surface area contributed by atoms with Gasteiger partial charge >= 0.3 is 12.1 Å². The van der Waals surface area contributed by atoms with Crippen LogP contribution >= 0.6 is 0 Å². The van der Waals surface area contributed by atoms with Gasteiger partial charge in [0.2, 0.25) is 0 Å². The Hall–Kier alpha value is -1.52. The van der Waals surface area contributed by atoms with Gasteiger partial charge in [0.1, 0.15) is 13.2 Å². The fraction of sp³-hybridized carbons (Fsp3) is 0.556. The van der Waals surface area contributed by atoms with E-state index in [1.165, 1.54) is 0 Å². The van der Waals surface area contributed by atoms with E-state index in [4.69, 9.17) is 0 Å². The summed E-state index contributed by atoms with van der Waals surface area (Å²) in [5.74, 6) is -0.482. The molecular weight excluding hydrogens is 186 g/mol. The van der Waals surface area contributed by atoms with E-state index in [2.05, 4.69) is 21.4 Å². The average Bonchev–Trinajstić information content (AvgIpc) is 2.12. The Balaban J connectivity index is 3.42.